The number of amides is 1. The number of ether oxygens (including phenoxy) is 1. The van der Waals surface area contributed by atoms with Crippen LogP contribution in [0.1, 0.15) is 36.0 Å². The molecule has 1 saturated carbocycles. The van der Waals surface area contributed by atoms with Crippen LogP contribution in [0.2, 0.25) is 0 Å². The quantitative estimate of drug-likeness (QED) is 0.811. The molecule has 0 saturated heterocycles. The number of rotatable bonds is 5. The predicted molar refractivity (Wildman–Crippen MR) is 77.9 cm³/mol. The van der Waals surface area contributed by atoms with Gasteiger partial charge < -0.3 is 15.2 Å². The fraction of sp³-hybridized carbons (Fsp3) is 0.438. The third kappa shape index (κ3) is 3.84. The van der Waals surface area contributed by atoms with Crippen LogP contribution in [0.3, 0.4) is 0 Å². The number of carbonyl (C=O) groups is 1. The maximum atomic E-state index is 12.1. The van der Waals surface area contributed by atoms with Gasteiger partial charge in [-0.2, -0.15) is 0 Å². The highest BCUT2D eigenvalue weighted by Crippen LogP contribution is 2.19. The molecule has 4 heteroatoms. The molecule has 1 aliphatic rings. The van der Waals surface area contributed by atoms with E-state index < -0.39 is 6.10 Å². The van der Waals surface area contributed by atoms with E-state index in [1.165, 1.54) is 0 Å². The Morgan fingerprint density at radius 1 is 1.35 bits per heavy atom. The van der Waals surface area contributed by atoms with Crippen LogP contribution in [-0.4, -0.2) is 29.8 Å². The van der Waals surface area contributed by atoms with Crippen molar-refractivity contribution in [1.29, 1.82) is 0 Å². The Hall–Kier alpha value is -1.81. The van der Waals surface area contributed by atoms with E-state index >= 15 is 0 Å². The summed E-state index contributed by atoms with van der Waals surface area (Å²) < 4.78 is 5.37. The smallest absolute Gasteiger partial charge is 0.251 e. The second-order valence-electron chi connectivity index (χ2n) is 5.06. The molecule has 1 fully saturated rings. The van der Waals surface area contributed by atoms with Gasteiger partial charge in [0.2, 0.25) is 0 Å². The van der Waals surface area contributed by atoms with E-state index in [1.54, 1.807) is 30.3 Å². The molecule has 2 unspecified atom stereocenters. The molecule has 2 rings (SSSR count). The van der Waals surface area contributed by atoms with Gasteiger partial charge in [-0.25, -0.2) is 0 Å². The maximum Gasteiger partial charge on any atom is 0.251 e. The van der Waals surface area contributed by atoms with Gasteiger partial charge in [-0.3, -0.25) is 4.79 Å². The lowest BCUT2D eigenvalue weighted by Gasteiger charge is -2.28. The molecular weight excluding hydrogens is 254 g/mol. The number of nitrogens with one attached hydrogen (secondary N) is 1. The average molecular weight is 275 g/mol. The van der Waals surface area contributed by atoms with Crippen molar-refractivity contribution >= 4 is 5.91 Å². The molecule has 1 aliphatic carbocycles. The molecule has 2 N–H and O–H groups in total. The molecule has 1 aromatic carbocycles. The highest BCUT2D eigenvalue weighted by molar-refractivity contribution is 5.94. The molecule has 108 valence electrons. The second-order valence-corrected chi connectivity index (χ2v) is 5.06. The topological polar surface area (TPSA) is 58.6 Å². The number of hydrogen-bond acceptors (Lipinski definition) is 3. The molecule has 0 bridgehead atoms. The first kappa shape index (κ1) is 14.6. The van der Waals surface area contributed by atoms with Crippen molar-refractivity contribution in [1.82, 2.24) is 5.32 Å². The molecule has 1 aromatic rings. The molecule has 0 aliphatic heterocycles. The summed E-state index contributed by atoms with van der Waals surface area (Å²) in [7, 11) is 0. The van der Waals surface area contributed by atoms with Gasteiger partial charge in [0.05, 0.1) is 12.1 Å². The summed E-state index contributed by atoms with van der Waals surface area (Å²) in [6.07, 6.45) is 4.93. The van der Waals surface area contributed by atoms with Crippen LogP contribution in [0.5, 0.6) is 5.75 Å². The zero-order chi connectivity index (χ0) is 14.4. The largest absolute Gasteiger partial charge is 0.490 e. The van der Waals surface area contributed by atoms with E-state index in [4.69, 9.17) is 4.74 Å². The fourth-order valence-corrected chi connectivity index (χ4v) is 2.39. The number of hydrogen-bond donors (Lipinski definition) is 2. The Labute approximate surface area is 119 Å². The lowest BCUT2D eigenvalue weighted by Crippen LogP contribution is -2.45. The molecule has 0 spiro atoms. The van der Waals surface area contributed by atoms with E-state index in [1.807, 2.05) is 0 Å². The van der Waals surface area contributed by atoms with E-state index in [-0.39, 0.29) is 11.9 Å². The third-order valence-corrected chi connectivity index (χ3v) is 3.53. The molecule has 20 heavy (non-hydrogen) atoms. The van der Waals surface area contributed by atoms with Gasteiger partial charge in [-0.1, -0.05) is 25.5 Å². The van der Waals surface area contributed by atoms with E-state index in [2.05, 4.69) is 11.9 Å². The summed E-state index contributed by atoms with van der Waals surface area (Å²) in [5, 5.41) is 12.8. The van der Waals surface area contributed by atoms with Gasteiger partial charge in [0.15, 0.2) is 0 Å². The standard InChI is InChI=1S/C16H21NO3/c1-2-11-20-13-9-7-12(8-10-13)16(19)17-14-5-3-4-6-15(14)18/h2,7-10,14-15,18H,1,3-6,11H2,(H,17,19). The minimum absolute atomic E-state index is 0.132. The van der Waals surface area contributed by atoms with Crippen LogP contribution in [-0.2, 0) is 0 Å². The van der Waals surface area contributed by atoms with Crippen molar-refractivity contribution in [3.8, 4) is 5.75 Å². The maximum absolute atomic E-state index is 12.1. The zero-order valence-electron chi connectivity index (χ0n) is 11.5. The highest BCUT2D eigenvalue weighted by Gasteiger charge is 2.24. The van der Waals surface area contributed by atoms with Crippen molar-refractivity contribution in [2.45, 2.75) is 37.8 Å². The van der Waals surface area contributed by atoms with Crippen molar-refractivity contribution < 1.29 is 14.6 Å². The lowest BCUT2D eigenvalue weighted by molar-refractivity contribution is 0.0717. The molecule has 2 atom stereocenters. The van der Waals surface area contributed by atoms with Gasteiger partial charge >= 0.3 is 0 Å². The van der Waals surface area contributed by atoms with Gasteiger partial charge in [-0.15, -0.1) is 0 Å². The Morgan fingerprint density at radius 3 is 2.70 bits per heavy atom. The second kappa shape index (κ2) is 7.10. The van der Waals surface area contributed by atoms with Crippen molar-refractivity contribution in [3.63, 3.8) is 0 Å². The third-order valence-electron chi connectivity index (χ3n) is 3.53. The van der Waals surface area contributed by atoms with Crippen LogP contribution in [0.25, 0.3) is 0 Å². The van der Waals surface area contributed by atoms with Crippen molar-refractivity contribution in [2.24, 2.45) is 0 Å². The fourth-order valence-electron chi connectivity index (χ4n) is 2.39. The first-order chi connectivity index (χ1) is 9.70. The Morgan fingerprint density at radius 2 is 2.05 bits per heavy atom. The van der Waals surface area contributed by atoms with Gasteiger partial charge in [0, 0.05) is 5.56 Å². The highest BCUT2D eigenvalue weighted by atomic mass is 16.5. The summed E-state index contributed by atoms with van der Waals surface area (Å²) in [4.78, 5) is 12.1. The van der Waals surface area contributed by atoms with Gasteiger partial charge in [-0.05, 0) is 37.1 Å². The Bertz CT molecular complexity index is 455. The number of benzene rings is 1. The Kier molecular flexibility index (Phi) is 5.18. The summed E-state index contributed by atoms with van der Waals surface area (Å²) in [6.45, 7) is 4.03. The van der Waals surface area contributed by atoms with Crippen LogP contribution in [0.4, 0.5) is 0 Å². The minimum atomic E-state index is -0.428. The molecule has 1 amide bonds. The van der Waals surface area contributed by atoms with Crippen LogP contribution in [0, 0.1) is 0 Å². The van der Waals surface area contributed by atoms with E-state index in [9.17, 15) is 9.90 Å². The average Bonchev–Trinajstić information content (AvgIpc) is 2.48. The molecule has 4 nitrogen and oxygen atoms in total. The zero-order valence-corrected chi connectivity index (χ0v) is 11.5. The predicted octanol–water partition coefficient (Wildman–Crippen LogP) is 2.28. The summed E-state index contributed by atoms with van der Waals surface area (Å²) >= 11 is 0. The Balaban J connectivity index is 1.93. The number of carbonyl (C=O) groups excluding carboxylic acids is 1. The van der Waals surface area contributed by atoms with Crippen LogP contribution in [0.15, 0.2) is 36.9 Å². The number of aliphatic hydroxyl groups excluding tert-OH is 1. The van der Waals surface area contributed by atoms with Crippen LogP contribution < -0.4 is 10.1 Å². The van der Waals surface area contributed by atoms with Crippen molar-refractivity contribution in [3.05, 3.63) is 42.5 Å². The van der Waals surface area contributed by atoms with E-state index in [0.29, 0.717) is 17.9 Å². The lowest BCUT2D eigenvalue weighted by atomic mass is 9.92. The first-order valence-corrected chi connectivity index (χ1v) is 7.03. The number of aliphatic hydroxyl groups is 1. The SMILES string of the molecule is C=CCOc1ccc(C(=O)NC2CCCCC2O)cc1. The minimum Gasteiger partial charge on any atom is -0.490 e. The summed E-state index contributed by atoms with van der Waals surface area (Å²) in [5.41, 5.74) is 0.578. The molecule has 0 heterocycles. The molecule has 0 radical (unpaired) electrons. The molecular formula is C16H21NO3. The monoisotopic (exact) mass is 275 g/mol. The van der Waals surface area contributed by atoms with Crippen molar-refractivity contribution in [2.75, 3.05) is 6.61 Å². The molecule has 0 aromatic heterocycles. The normalized spacial score (nSPS) is 22.1. The summed E-state index contributed by atoms with van der Waals surface area (Å²) in [5.74, 6) is 0.561. The van der Waals surface area contributed by atoms with Gasteiger partial charge in [0.25, 0.3) is 5.91 Å². The first-order valence-electron chi connectivity index (χ1n) is 7.03. The van der Waals surface area contributed by atoms with E-state index in [0.717, 1.165) is 25.7 Å². The van der Waals surface area contributed by atoms with Gasteiger partial charge in [0.1, 0.15) is 12.4 Å². The summed E-state index contributed by atoms with van der Waals surface area (Å²) in [6, 6.07) is 6.84. The van der Waals surface area contributed by atoms with Crippen LogP contribution >= 0.6 is 0 Å².